The van der Waals surface area contributed by atoms with Crippen LogP contribution in [0.3, 0.4) is 0 Å². The number of carbonyl (C=O) groups excluding carboxylic acids is 3. The Morgan fingerprint density at radius 1 is 0.943 bits per heavy atom. The van der Waals surface area contributed by atoms with Crippen LogP contribution in [0.4, 0.5) is 17.1 Å². The van der Waals surface area contributed by atoms with Crippen LogP contribution in [0, 0.1) is 0 Å². The predicted molar refractivity (Wildman–Crippen MR) is 137 cm³/mol. The highest BCUT2D eigenvalue weighted by Gasteiger charge is 2.39. The first-order chi connectivity index (χ1) is 16.8. The normalized spacial score (nSPS) is 13.2. The summed E-state index contributed by atoms with van der Waals surface area (Å²) in [6.07, 6.45) is 0. The second kappa shape index (κ2) is 10.2. The van der Waals surface area contributed by atoms with Gasteiger partial charge in [0.2, 0.25) is 0 Å². The molecule has 0 atom stereocenters. The van der Waals surface area contributed by atoms with E-state index in [4.69, 9.17) is 21.1 Å². The van der Waals surface area contributed by atoms with Crippen LogP contribution in [0.15, 0.2) is 81.9 Å². The zero-order valence-corrected chi connectivity index (χ0v) is 20.9. The van der Waals surface area contributed by atoms with Gasteiger partial charge in [0, 0.05) is 21.8 Å². The molecule has 3 aromatic rings. The maximum absolute atomic E-state index is 13.0. The fraction of sp³-hybridized carbons (Fsp3) is 0.0800. The van der Waals surface area contributed by atoms with Gasteiger partial charge in [-0.3, -0.25) is 14.4 Å². The molecule has 0 radical (unpaired) electrons. The van der Waals surface area contributed by atoms with E-state index in [1.54, 1.807) is 66.7 Å². The summed E-state index contributed by atoms with van der Waals surface area (Å²) in [5, 5.41) is 5.43. The summed E-state index contributed by atoms with van der Waals surface area (Å²) >= 11 is 9.53. The Morgan fingerprint density at radius 3 is 2.37 bits per heavy atom. The Balaban J connectivity index is 1.53. The van der Waals surface area contributed by atoms with Crippen molar-refractivity contribution in [3.8, 4) is 11.5 Å². The molecule has 1 aliphatic heterocycles. The van der Waals surface area contributed by atoms with E-state index in [1.165, 1.54) is 14.2 Å². The number of carbonyl (C=O) groups is 3. The van der Waals surface area contributed by atoms with E-state index in [-0.39, 0.29) is 10.7 Å². The SMILES string of the molecule is COc1ccc(NC(=O)c2cccc(NC3=C(Cl)C(=O)N(c4ccc(Br)cc4)C3=O)c2)c(OC)c1. The van der Waals surface area contributed by atoms with Crippen LogP contribution < -0.4 is 25.0 Å². The van der Waals surface area contributed by atoms with Gasteiger partial charge in [-0.05, 0) is 54.6 Å². The average molecular weight is 557 g/mol. The molecular formula is C25H19BrClN3O5. The van der Waals surface area contributed by atoms with Crippen LogP contribution >= 0.6 is 27.5 Å². The summed E-state index contributed by atoms with van der Waals surface area (Å²) in [5.41, 5.74) is 1.50. The number of rotatable bonds is 7. The van der Waals surface area contributed by atoms with Crippen molar-refractivity contribution in [2.24, 2.45) is 0 Å². The summed E-state index contributed by atoms with van der Waals surface area (Å²) in [4.78, 5) is 39.5. The molecular weight excluding hydrogens is 538 g/mol. The lowest BCUT2D eigenvalue weighted by Crippen LogP contribution is -2.32. The largest absolute Gasteiger partial charge is 0.497 e. The molecule has 0 saturated carbocycles. The quantitative estimate of drug-likeness (QED) is 0.391. The lowest BCUT2D eigenvalue weighted by molar-refractivity contribution is -0.120. The summed E-state index contributed by atoms with van der Waals surface area (Å²) in [6.45, 7) is 0. The van der Waals surface area contributed by atoms with Crippen molar-refractivity contribution < 1.29 is 23.9 Å². The number of methoxy groups -OCH3 is 2. The fourth-order valence-corrected chi connectivity index (χ4v) is 3.89. The van der Waals surface area contributed by atoms with E-state index < -0.39 is 17.7 Å². The molecule has 0 aliphatic carbocycles. The molecule has 3 amide bonds. The second-order valence-electron chi connectivity index (χ2n) is 7.34. The Bertz CT molecular complexity index is 1360. The first-order valence-electron chi connectivity index (χ1n) is 10.3. The number of amides is 3. The maximum atomic E-state index is 13.0. The van der Waals surface area contributed by atoms with Crippen LogP contribution in [0.5, 0.6) is 11.5 Å². The van der Waals surface area contributed by atoms with Gasteiger partial charge in [0.25, 0.3) is 17.7 Å². The molecule has 0 saturated heterocycles. The minimum atomic E-state index is -0.637. The van der Waals surface area contributed by atoms with Crippen LogP contribution in [0.1, 0.15) is 10.4 Å². The second-order valence-corrected chi connectivity index (χ2v) is 8.63. The maximum Gasteiger partial charge on any atom is 0.283 e. The molecule has 0 spiro atoms. The minimum absolute atomic E-state index is 0.0750. The van der Waals surface area contributed by atoms with Crippen LogP contribution in [-0.4, -0.2) is 31.9 Å². The molecule has 10 heteroatoms. The lowest BCUT2D eigenvalue weighted by Gasteiger charge is -2.15. The van der Waals surface area contributed by atoms with Crippen molar-refractivity contribution in [2.45, 2.75) is 0 Å². The van der Waals surface area contributed by atoms with Crippen molar-refractivity contribution >= 4 is 62.3 Å². The molecule has 3 aromatic carbocycles. The monoisotopic (exact) mass is 555 g/mol. The summed E-state index contributed by atoms with van der Waals surface area (Å²) < 4.78 is 11.3. The summed E-state index contributed by atoms with van der Waals surface area (Å²) in [5.74, 6) is -0.610. The number of nitrogens with zero attached hydrogens (tertiary/aromatic N) is 1. The van der Waals surface area contributed by atoms with Gasteiger partial charge < -0.3 is 20.1 Å². The lowest BCUT2D eigenvalue weighted by atomic mass is 10.1. The summed E-state index contributed by atoms with van der Waals surface area (Å²) in [6, 6.07) is 18.2. The predicted octanol–water partition coefficient (Wildman–Crippen LogP) is 5.15. The summed E-state index contributed by atoms with van der Waals surface area (Å²) in [7, 11) is 3.03. The molecule has 0 aromatic heterocycles. The number of hydrogen-bond acceptors (Lipinski definition) is 6. The zero-order chi connectivity index (χ0) is 25.1. The molecule has 1 heterocycles. The molecule has 0 bridgehead atoms. The molecule has 178 valence electrons. The molecule has 8 nitrogen and oxygen atoms in total. The van der Waals surface area contributed by atoms with E-state index in [0.717, 1.165) is 9.37 Å². The molecule has 0 fully saturated rings. The smallest absolute Gasteiger partial charge is 0.283 e. The molecule has 1 aliphatic rings. The highest BCUT2D eigenvalue weighted by atomic mass is 79.9. The zero-order valence-electron chi connectivity index (χ0n) is 18.6. The van der Waals surface area contributed by atoms with Crippen LogP contribution in [0.2, 0.25) is 0 Å². The van der Waals surface area contributed by atoms with Crippen molar-refractivity contribution in [2.75, 3.05) is 29.8 Å². The van der Waals surface area contributed by atoms with Crippen molar-refractivity contribution in [3.63, 3.8) is 0 Å². The minimum Gasteiger partial charge on any atom is -0.497 e. The van der Waals surface area contributed by atoms with Gasteiger partial charge in [0.05, 0.1) is 25.6 Å². The Morgan fingerprint density at radius 2 is 1.69 bits per heavy atom. The topological polar surface area (TPSA) is 97.0 Å². The Labute approximate surface area is 214 Å². The van der Waals surface area contributed by atoms with Gasteiger partial charge in [-0.25, -0.2) is 4.90 Å². The third kappa shape index (κ3) is 5.01. The van der Waals surface area contributed by atoms with E-state index in [1.807, 2.05) is 0 Å². The number of anilines is 3. The first kappa shape index (κ1) is 24.3. The van der Waals surface area contributed by atoms with E-state index in [9.17, 15) is 14.4 Å². The highest BCUT2D eigenvalue weighted by molar-refractivity contribution is 9.10. The number of benzene rings is 3. The molecule has 4 rings (SSSR count). The number of ether oxygens (including phenoxy) is 2. The Kier molecular flexibility index (Phi) is 7.09. The van der Waals surface area contributed by atoms with Gasteiger partial charge in [0.1, 0.15) is 22.2 Å². The highest BCUT2D eigenvalue weighted by Crippen LogP contribution is 2.32. The van der Waals surface area contributed by atoms with Gasteiger partial charge in [0.15, 0.2) is 0 Å². The van der Waals surface area contributed by atoms with E-state index in [0.29, 0.717) is 34.1 Å². The number of nitrogens with one attached hydrogen (secondary N) is 2. The van der Waals surface area contributed by atoms with Crippen LogP contribution in [0.25, 0.3) is 0 Å². The number of halogens is 2. The number of imide groups is 1. The van der Waals surface area contributed by atoms with Gasteiger partial charge in [-0.1, -0.05) is 33.6 Å². The van der Waals surface area contributed by atoms with Crippen molar-refractivity contribution in [1.82, 2.24) is 0 Å². The van der Waals surface area contributed by atoms with E-state index in [2.05, 4.69) is 26.6 Å². The van der Waals surface area contributed by atoms with Gasteiger partial charge >= 0.3 is 0 Å². The molecule has 2 N–H and O–H groups in total. The molecule has 0 unspecified atom stereocenters. The third-order valence-corrected chi connectivity index (χ3v) is 6.04. The van der Waals surface area contributed by atoms with Gasteiger partial charge in [-0.15, -0.1) is 0 Å². The standard InChI is InChI=1S/C25H19BrClN3O5/c1-34-18-10-11-19(20(13-18)35-2)29-23(31)14-4-3-5-16(12-14)28-22-21(27)24(32)30(25(22)33)17-8-6-15(26)7-9-17/h3-13,28H,1-2H3,(H,29,31). The third-order valence-electron chi connectivity index (χ3n) is 5.16. The van der Waals surface area contributed by atoms with Crippen LogP contribution in [-0.2, 0) is 9.59 Å². The van der Waals surface area contributed by atoms with Crippen molar-refractivity contribution in [3.05, 3.63) is 87.5 Å². The van der Waals surface area contributed by atoms with E-state index >= 15 is 0 Å². The average Bonchev–Trinajstić information content (AvgIpc) is 3.08. The number of hydrogen-bond donors (Lipinski definition) is 2. The Hall–Kier alpha value is -3.82. The molecule has 35 heavy (non-hydrogen) atoms. The fourth-order valence-electron chi connectivity index (χ4n) is 3.41. The van der Waals surface area contributed by atoms with Crippen molar-refractivity contribution in [1.29, 1.82) is 0 Å². The van der Waals surface area contributed by atoms with Gasteiger partial charge in [-0.2, -0.15) is 0 Å². The first-order valence-corrected chi connectivity index (χ1v) is 11.4.